The first-order valence-corrected chi connectivity index (χ1v) is 7.87. The van der Waals surface area contributed by atoms with Crippen LogP contribution in [0.25, 0.3) is 0 Å². The first kappa shape index (κ1) is 12.1. The molecule has 2 fully saturated rings. The van der Waals surface area contributed by atoms with E-state index in [2.05, 4.69) is 5.32 Å². The number of benzene rings is 1. The van der Waals surface area contributed by atoms with Crippen molar-refractivity contribution in [2.45, 2.75) is 29.0 Å². The van der Waals surface area contributed by atoms with Gasteiger partial charge in [0, 0.05) is 6.04 Å². The number of ether oxygens (including phenoxy) is 1. The fourth-order valence-corrected chi connectivity index (χ4v) is 3.90. The predicted molar refractivity (Wildman–Crippen MR) is 68.2 cm³/mol. The van der Waals surface area contributed by atoms with Gasteiger partial charge in [-0.05, 0) is 37.1 Å². The van der Waals surface area contributed by atoms with Crippen LogP contribution in [-0.4, -0.2) is 33.4 Å². The highest BCUT2D eigenvalue weighted by atomic mass is 32.2. The van der Waals surface area contributed by atoms with Crippen LogP contribution < -0.4 is 5.32 Å². The second kappa shape index (κ2) is 4.64. The average Bonchev–Trinajstić information content (AvgIpc) is 2.79. The molecule has 0 bridgehead atoms. The van der Waals surface area contributed by atoms with Gasteiger partial charge in [-0.1, -0.05) is 12.1 Å². The largest absolute Gasteiger partial charge is 0.379 e. The van der Waals surface area contributed by atoms with Crippen LogP contribution in [-0.2, 0) is 14.6 Å². The van der Waals surface area contributed by atoms with E-state index in [9.17, 15) is 8.42 Å². The summed E-state index contributed by atoms with van der Waals surface area (Å²) in [6.07, 6.45) is 2.31. The SMILES string of the molecule is O=S(=O)(c1ccc(C2CCCN2)cc1)C1COC1. The molecule has 18 heavy (non-hydrogen) atoms. The summed E-state index contributed by atoms with van der Waals surface area (Å²) in [5.74, 6) is 0. The summed E-state index contributed by atoms with van der Waals surface area (Å²) >= 11 is 0. The minimum absolute atomic E-state index is 0.328. The van der Waals surface area contributed by atoms with E-state index in [0.717, 1.165) is 13.0 Å². The molecule has 2 aliphatic rings. The lowest BCUT2D eigenvalue weighted by Gasteiger charge is -2.25. The minimum atomic E-state index is -3.19. The minimum Gasteiger partial charge on any atom is -0.379 e. The first-order chi connectivity index (χ1) is 8.68. The van der Waals surface area contributed by atoms with Crippen molar-refractivity contribution in [1.29, 1.82) is 0 Å². The van der Waals surface area contributed by atoms with E-state index < -0.39 is 9.84 Å². The van der Waals surface area contributed by atoms with Gasteiger partial charge in [-0.2, -0.15) is 0 Å². The molecule has 0 spiro atoms. The summed E-state index contributed by atoms with van der Waals surface area (Å²) in [5.41, 5.74) is 1.18. The maximum Gasteiger partial charge on any atom is 0.185 e. The molecule has 5 heteroatoms. The topological polar surface area (TPSA) is 55.4 Å². The van der Waals surface area contributed by atoms with Gasteiger partial charge in [-0.3, -0.25) is 0 Å². The monoisotopic (exact) mass is 267 g/mol. The Bertz CT molecular complexity index is 514. The Morgan fingerprint density at radius 2 is 1.89 bits per heavy atom. The van der Waals surface area contributed by atoms with E-state index in [0.29, 0.717) is 24.2 Å². The normalized spacial score (nSPS) is 25.0. The summed E-state index contributed by atoms with van der Waals surface area (Å²) in [7, 11) is -3.19. The third-order valence-electron chi connectivity index (χ3n) is 3.72. The standard InChI is InChI=1S/C13H17NO3S/c15-18(16,12-8-17-9-12)11-5-3-10(4-6-11)13-2-1-7-14-13/h3-6,12-14H,1-2,7-9H2. The number of nitrogens with one attached hydrogen (secondary N) is 1. The molecule has 0 saturated carbocycles. The van der Waals surface area contributed by atoms with Gasteiger partial charge in [0.05, 0.1) is 18.1 Å². The molecule has 0 radical (unpaired) electrons. The Kier molecular flexibility index (Phi) is 3.13. The molecule has 1 atom stereocenters. The molecule has 1 N–H and O–H groups in total. The van der Waals surface area contributed by atoms with Gasteiger partial charge >= 0.3 is 0 Å². The van der Waals surface area contributed by atoms with Crippen LogP contribution in [0, 0.1) is 0 Å². The fraction of sp³-hybridized carbons (Fsp3) is 0.538. The van der Waals surface area contributed by atoms with Crippen LogP contribution in [0.4, 0.5) is 0 Å². The molecule has 1 unspecified atom stereocenters. The van der Waals surface area contributed by atoms with Crippen molar-refractivity contribution in [1.82, 2.24) is 5.32 Å². The highest BCUT2D eigenvalue weighted by molar-refractivity contribution is 7.92. The molecule has 3 rings (SSSR count). The van der Waals surface area contributed by atoms with Crippen LogP contribution >= 0.6 is 0 Å². The van der Waals surface area contributed by atoms with Gasteiger partial charge < -0.3 is 10.1 Å². The molecule has 2 aliphatic heterocycles. The number of sulfone groups is 1. The van der Waals surface area contributed by atoms with Gasteiger partial charge in [-0.15, -0.1) is 0 Å². The van der Waals surface area contributed by atoms with E-state index in [1.54, 1.807) is 12.1 Å². The summed E-state index contributed by atoms with van der Waals surface area (Å²) in [6, 6.07) is 7.69. The summed E-state index contributed by atoms with van der Waals surface area (Å²) in [4.78, 5) is 0.414. The first-order valence-electron chi connectivity index (χ1n) is 6.33. The second-order valence-corrected chi connectivity index (χ2v) is 7.15. The smallest absolute Gasteiger partial charge is 0.185 e. The van der Waals surface area contributed by atoms with E-state index in [1.165, 1.54) is 12.0 Å². The number of hydrogen-bond donors (Lipinski definition) is 1. The highest BCUT2D eigenvalue weighted by Crippen LogP contribution is 2.26. The third kappa shape index (κ3) is 2.06. The highest BCUT2D eigenvalue weighted by Gasteiger charge is 2.33. The fourth-order valence-electron chi connectivity index (χ4n) is 2.44. The quantitative estimate of drug-likeness (QED) is 0.896. The van der Waals surface area contributed by atoms with Gasteiger partial charge in [0.2, 0.25) is 0 Å². The molecule has 0 aromatic heterocycles. The van der Waals surface area contributed by atoms with Crippen molar-refractivity contribution in [3.8, 4) is 0 Å². The summed E-state index contributed by atoms with van der Waals surface area (Å²) in [6.45, 7) is 1.70. The van der Waals surface area contributed by atoms with Crippen molar-refractivity contribution in [2.24, 2.45) is 0 Å². The van der Waals surface area contributed by atoms with E-state index in [-0.39, 0.29) is 5.25 Å². The van der Waals surface area contributed by atoms with Crippen LogP contribution in [0.5, 0.6) is 0 Å². The molecule has 2 heterocycles. The van der Waals surface area contributed by atoms with Gasteiger partial charge in [-0.25, -0.2) is 8.42 Å². The Hall–Kier alpha value is -0.910. The molecule has 0 amide bonds. The molecule has 0 aliphatic carbocycles. The molecular formula is C13H17NO3S. The molecule has 1 aromatic rings. The second-order valence-electron chi connectivity index (χ2n) is 4.92. The predicted octanol–water partition coefficient (Wildman–Crippen LogP) is 1.28. The Morgan fingerprint density at radius 1 is 1.17 bits per heavy atom. The van der Waals surface area contributed by atoms with E-state index in [4.69, 9.17) is 4.74 Å². The van der Waals surface area contributed by atoms with Crippen molar-refractivity contribution >= 4 is 9.84 Å². The van der Waals surface area contributed by atoms with E-state index in [1.807, 2.05) is 12.1 Å². The zero-order valence-electron chi connectivity index (χ0n) is 10.1. The third-order valence-corrected chi connectivity index (χ3v) is 5.80. The Labute approximate surface area is 107 Å². The average molecular weight is 267 g/mol. The van der Waals surface area contributed by atoms with Gasteiger partial charge in [0.25, 0.3) is 0 Å². The van der Waals surface area contributed by atoms with Crippen molar-refractivity contribution in [3.05, 3.63) is 29.8 Å². The van der Waals surface area contributed by atoms with Crippen LogP contribution in [0.1, 0.15) is 24.4 Å². The summed E-state index contributed by atoms with van der Waals surface area (Å²) < 4.78 is 29.3. The molecule has 4 nitrogen and oxygen atoms in total. The lowest BCUT2D eigenvalue weighted by Crippen LogP contribution is -2.40. The number of hydrogen-bond acceptors (Lipinski definition) is 4. The van der Waals surface area contributed by atoms with Crippen molar-refractivity contribution < 1.29 is 13.2 Å². The maximum atomic E-state index is 12.2. The van der Waals surface area contributed by atoms with E-state index >= 15 is 0 Å². The lowest BCUT2D eigenvalue weighted by atomic mass is 10.1. The van der Waals surface area contributed by atoms with Crippen molar-refractivity contribution in [3.63, 3.8) is 0 Å². The van der Waals surface area contributed by atoms with Gasteiger partial charge in [0.1, 0.15) is 5.25 Å². The number of rotatable bonds is 3. The van der Waals surface area contributed by atoms with Gasteiger partial charge in [0.15, 0.2) is 9.84 Å². The molecule has 2 saturated heterocycles. The Morgan fingerprint density at radius 3 is 2.39 bits per heavy atom. The maximum absolute atomic E-state index is 12.2. The molecule has 1 aromatic carbocycles. The molecule has 98 valence electrons. The van der Waals surface area contributed by atoms with Crippen LogP contribution in [0.2, 0.25) is 0 Å². The van der Waals surface area contributed by atoms with Crippen molar-refractivity contribution in [2.75, 3.05) is 19.8 Å². The van der Waals surface area contributed by atoms with Crippen LogP contribution in [0.3, 0.4) is 0 Å². The Balaban J connectivity index is 1.82. The zero-order valence-corrected chi connectivity index (χ0v) is 10.9. The van der Waals surface area contributed by atoms with Crippen LogP contribution in [0.15, 0.2) is 29.2 Å². The summed E-state index contributed by atoms with van der Waals surface area (Å²) in [5, 5.41) is 3.05. The zero-order chi connectivity index (χ0) is 12.6. The molecular weight excluding hydrogens is 250 g/mol. The lowest BCUT2D eigenvalue weighted by molar-refractivity contribution is 0.0416.